The molecule has 1 aromatic rings. The lowest BCUT2D eigenvalue weighted by Crippen LogP contribution is -2.34. The van der Waals surface area contributed by atoms with Gasteiger partial charge in [0.2, 0.25) is 0 Å². The maximum atomic E-state index is 11.0. The summed E-state index contributed by atoms with van der Waals surface area (Å²) >= 11 is 0. The fraction of sp³-hybridized carbons (Fsp3) is 0.562. The molecule has 2 rings (SSSR count). The monoisotopic (exact) mass is 321 g/mol. The van der Waals surface area contributed by atoms with Crippen LogP contribution in [-0.2, 0) is 9.59 Å². The van der Waals surface area contributed by atoms with E-state index in [9.17, 15) is 9.59 Å². The Hall–Kier alpha value is -2.31. The molecule has 23 heavy (non-hydrogen) atoms. The van der Waals surface area contributed by atoms with Crippen LogP contribution in [0.2, 0.25) is 0 Å². The number of aromatic nitrogens is 1. The molecule has 0 aromatic carbocycles. The fourth-order valence-corrected chi connectivity index (χ4v) is 2.68. The number of carboxylic acid groups (broad SMARTS) is 2. The summed E-state index contributed by atoms with van der Waals surface area (Å²) in [5.74, 6) is -0.321. The second kappa shape index (κ2) is 7.80. The number of rotatable bonds is 7. The molecule has 1 aromatic heterocycles. The Bertz CT molecular complexity index is 539. The standard InChI is InChI=1S/C16H23N3O4/c1-12-4-7-18(8-5-12)14-3-2-13(10-17-14)19(11-16(22)23)9-6-15(20)21/h2-3,10,12H,4-9,11H2,1H3,(H,20,21)(H,22,23). The van der Waals surface area contributed by atoms with Gasteiger partial charge in [-0.25, -0.2) is 4.98 Å². The lowest BCUT2D eigenvalue weighted by atomic mass is 9.99. The number of carboxylic acids is 2. The number of nitrogens with zero attached hydrogens (tertiary/aromatic N) is 3. The van der Waals surface area contributed by atoms with Gasteiger partial charge in [0, 0.05) is 19.6 Å². The molecule has 7 nitrogen and oxygen atoms in total. The first kappa shape index (κ1) is 17.1. The summed E-state index contributed by atoms with van der Waals surface area (Å²) in [7, 11) is 0. The number of carbonyl (C=O) groups is 2. The molecule has 0 bridgehead atoms. The van der Waals surface area contributed by atoms with Gasteiger partial charge >= 0.3 is 11.9 Å². The highest BCUT2D eigenvalue weighted by Crippen LogP contribution is 2.23. The Kier molecular flexibility index (Phi) is 5.78. The molecule has 1 aliphatic rings. The third-order valence-corrected chi connectivity index (χ3v) is 4.13. The number of pyridine rings is 1. The quantitative estimate of drug-likeness (QED) is 0.789. The summed E-state index contributed by atoms with van der Waals surface area (Å²) in [6.45, 7) is 4.11. The minimum absolute atomic E-state index is 0.112. The normalized spacial score (nSPS) is 15.4. The predicted octanol–water partition coefficient (Wildman–Crippen LogP) is 1.68. The summed E-state index contributed by atoms with van der Waals surface area (Å²) < 4.78 is 0. The second-order valence-corrected chi connectivity index (χ2v) is 6.00. The summed E-state index contributed by atoms with van der Waals surface area (Å²) in [6.07, 6.45) is 3.80. The van der Waals surface area contributed by atoms with Crippen LogP contribution in [-0.4, -0.2) is 53.3 Å². The van der Waals surface area contributed by atoms with E-state index in [0.717, 1.165) is 37.7 Å². The molecule has 0 amide bonds. The summed E-state index contributed by atoms with van der Waals surface area (Å²) in [4.78, 5) is 29.8. The zero-order chi connectivity index (χ0) is 16.8. The van der Waals surface area contributed by atoms with Gasteiger partial charge in [0.05, 0.1) is 18.3 Å². The minimum Gasteiger partial charge on any atom is -0.481 e. The molecule has 7 heteroatoms. The van der Waals surface area contributed by atoms with Crippen molar-refractivity contribution in [3.05, 3.63) is 18.3 Å². The van der Waals surface area contributed by atoms with Crippen molar-refractivity contribution in [1.82, 2.24) is 4.98 Å². The Labute approximate surface area is 135 Å². The van der Waals surface area contributed by atoms with E-state index in [2.05, 4.69) is 16.8 Å². The molecule has 0 unspecified atom stereocenters. The van der Waals surface area contributed by atoms with Gasteiger partial charge in [-0.1, -0.05) is 6.92 Å². The van der Waals surface area contributed by atoms with Crippen LogP contribution in [0.1, 0.15) is 26.2 Å². The molecule has 2 N–H and O–H groups in total. The highest BCUT2D eigenvalue weighted by Gasteiger charge is 2.18. The third kappa shape index (κ3) is 5.12. The van der Waals surface area contributed by atoms with Crippen molar-refractivity contribution in [3.63, 3.8) is 0 Å². The van der Waals surface area contributed by atoms with Crippen molar-refractivity contribution in [2.75, 3.05) is 36.0 Å². The molecule has 1 fully saturated rings. The predicted molar refractivity (Wildman–Crippen MR) is 86.9 cm³/mol. The second-order valence-electron chi connectivity index (χ2n) is 6.00. The van der Waals surface area contributed by atoms with E-state index in [1.54, 1.807) is 6.20 Å². The van der Waals surface area contributed by atoms with Crippen LogP contribution in [0, 0.1) is 5.92 Å². The fourth-order valence-electron chi connectivity index (χ4n) is 2.68. The molecule has 0 atom stereocenters. The van der Waals surface area contributed by atoms with Gasteiger partial charge in [0.25, 0.3) is 0 Å². The molecule has 0 spiro atoms. The number of anilines is 2. The number of hydrogen-bond donors (Lipinski definition) is 2. The van der Waals surface area contributed by atoms with Gasteiger partial charge in [-0.3, -0.25) is 9.59 Å². The average Bonchev–Trinajstić information content (AvgIpc) is 2.52. The molecule has 0 aliphatic carbocycles. The lowest BCUT2D eigenvalue weighted by molar-refractivity contribution is -0.138. The van der Waals surface area contributed by atoms with E-state index in [0.29, 0.717) is 5.69 Å². The Balaban J connectivity index is 2.05. The highest BCUT2D eigenvalue weighted by molar-refractivity contribution is 5.74. The van der Waals surface area contributed by atoms with E-state index >= 15 is 0 Å². The van der Waals surface area contributed by atoms with Gasteiger partial charge in [0.15, 0.2) is 0 Å². The number of piperidine rings is 1. The van der Waals surface area contributed by atoms with Crippen molar-refractivity contribution >= 4 is 23.4 Å². The maximum absolute atomic E-state index is 11.0. The maximum Gasteiger partial charge on any atom is 0.323 e. The van der Waals surface area contributed by atoms with Crippen molar-refractivity contribution in [2.24, 2.45) is 5.92 Å². The zero-order valence-electron chi connectivity index (χ0n) is 13.3. The van der Waals surface area contributed by atoms with Crippen molar-refractivity contribution in [1.29, 1.82) is 0 Å². The number of aliphatic carboxylic acids is 2. The first-order valence-electron chi connectivity index (χ1n) is 7.85. The summed E-state index contributed by atoms with van der Waals surface area (Å²) in [6, 6.07) is 3.69. The minimum atomic E-state index is -0.996. The van der Waals surface area contributed by atoms with Crippen LogP contribution < -0.4 is 9.80 Å². The lowest BCUT2D eigenvalue weighted by Gasteiger charge is -2.31. The van der Waals surface area contributed by atoms with E-state index in [1.807, 2.05) is 12.1 Å². The molecular weight excluding hydrogens is 298 g/mol. The molecule has 0 saturated carbocycles. The van der Waals surface area contributed by atoms with Crippen LogP contribution in [0.4, 0.5) is 11.5 Å². The molecule has 126 valence electrons. The molecular formula is C16H23N3O4. The molecule has 1 saturated heterocycles. The van der Waals surface area contributed by atoms with Crippen molar-refractivity contribution in [2.45, 2.75) is 26.2 Å². The zero-order valence-corrected chi connectivity index (χ0v) is 13.3. The third-order valence-electron chi connectivity index (χ3n) is 4.13. The van der Waals surface area contributed by atoms with Crippen LogP contribution in [0.5, 0.6) is 0 Å². The van der Waals surface area contributed by atoms with Gasteiger partial charge in [-0.15, -0.1) is 0 Å². The Morgan fingerprint density at radius 2 is 1.96 bits per heavy atom. The van der Waals surface area contributed by atoms with Crippen LogP contribution in [0.15, 0.2) is 18.3 Å². The van der Waals surface area contributed by atoms with Crippen molar-refractivity contribution in [3.8, 4) is 0 Å². The molecule has 2 heterocycles. The van der Waals surface area contributed by atoms with Gasteiger partial charge in [0.1, 0.15) is 12.4 Å². The summed E-state index contributed by atoms with van der Waals surface area (Å²) in [5.41, 5.74) is 0.628. The van der Waals surface area contributed by atoms with E-state index < -0.39 is 11.9 Å². The van der Waals surface area contributed by atoms with Gasteiger partial charge in [-0.2, -0.15) is 0 Å². The van der Waals surface area contributed by atoms with Crippen molar-refractivity contribution < 1.29 is 19.8 Å². The smallest absolute Gasteiger partial charge is 0.323 e. The van der Waals surface area contributed by atoms with Gasteiger partial charge in [-0.05, 0) is 30.9 Å². The molecule has 1 aliphatic heterocycles. The topological polar surface area (TPSA) is 94.0 Å². The van der Waals surface area contributed by atoms with Crippen LogP contribution in [0.3, 0.4) is 0 Å². The Morgan fingerprint density at radius 1 is 1.26 bits per heavy atom. The average molecular weight is 321 g/mol. The molecule has 0 radical (unpaired) electrons. The highest BCUT2D eigenvalue weighted by atomic mass is 16.4. The first-order chi connectivity index (χ1) is 11.0. The van der Waals surface area contributed by atoms with Crippen LogP contribution in [0.25, 0.3) is 0 Å². The summed E-state index contributed by atoms with van der Waals surface area (Å²) in [5, 5.41) is 17.8. The van der Waals surface area contributed by atoms with Crippen LogP contribution >= 0.6 is 0 Å². The SMILES string of the molecule is CC1CCN(c2ccc(N(CCC(=O)O)CC(=O)O)cn2)CC1. The largest absolute Gasteiger partial charge is 0.481 e. The van der Waals surface area contributed by atoms with Gasteiger partial charge < -0.3 is 20.0 Å². The first-order valence-corrected chi connectivity index (χ1v) is 7.85. The number of hydrogen-bond acceptors (Lipinski definition) is 5. The van der Waals surface area contributed by atoms with E-state index in [1.165, 1.54) is 4.90 Å². The van der Waals surface area contributed by atoms with E-state index in [-0.39, 0.29) is 19.5 Å². The van der Waals surface area contributed by atoms with E-state index in [4.69, 9.17) is 10.2 Å². The Morgan fingerprint density at radius 3 is 2.48 bits per heavy atom.